The summed E-state index contributed by atoms with van der Waals surface area (Å²) in [5.41, 5.74) is 2.14. The lowest BCUT2D eigenvalue weighted by molar-refractivity contribution is -0.162. The molecule has 3 rings (SSSR count). The highest BCUT2D eigenvalue weighted by atomic mass is 16.6. The fraction of sp³-hybridized carbons (Fsp3) is 0.360. The SMILES string of the molecule is COC(=O)C(C(=O)OC)C1CCN(C(=O)OCc2ccccc2)C(c2ccc(C#N)cc2)C1. The maximum atomic E-state index is 13.0. The van der Waals surface area contributed by atoms with Crippen LogP contribution in [-0.4, -0.2) is 43.7 Å². The van der Waals surface area contributed by atoms with Crippen LogP contribution in [0.2, 0.25) is 0 Å². The molecule has 0 spiro atoms. The lowest BCUT2D eigenvalue weighted by Crippen LogP contribution is -2.45. The van der Waals surface area contributed by atoms with Crippen LogP contribution in [-0.2, 0) is 30.4 Å². The monoisotopic (exact) mass is 450 g/mol. The van der Waals surface area contributed by atoms with Gasteiger partial charge in [-0.05, 0) is 42.0 Å². The van der Waals surface area contributed by atoms with Crippen molar-refractivity contribution < 1.29 is 28.6 Å². The average molecular weight is 450 g/mol. The zero-order valence-electron chi connectivity index (χ0n) is 18.6. The summed E-state index contributed by atoms with van der Waals surface area (Å²) >= 11 is 0. The molecule has 0 bridgehead atoms. The first kappa shape index (κ1) is 23.8. The second-order valence-electron chi connectivity index (χ2n) is 7.79. The molecule has 1 aliphatic rings. The zero-order chi connectivity index (χ0) is 23.8. The normalized spacial score (nSPS) is 17.7. The highest BCUT2D eigenvalue weighted by Gasteiger charge is 2.43. The zero-order valence-corrected chi connectivity index (χ0v) is 18.6. The smallest absolute Gasteiger partial charge is 0.410 e. The highest BCUT2D eigenvalue weighted by molar-refractivity contribution is 5.95. The predicted octanol–water partition coefficient (Wildman–Crippen LogP) is 3.61. The molecule has 1 amide bonds. The Balaban J connectivity index is 1.84. The van der Waals surface area contributed by atoms with Gasteiger partial charge in [-0.2, -0.15) is 5.26 Å². The summed E-state index contributed by atoms with van der Waals surface area (Å²) in [6.07, 6.45) is 0.253. The molecular weight excluding hydrogens is 424 g/mol. The van der Waals surface area contributed by atoms with Gasteiger partial charge in [0.15, 0.2) is 5.92 Å². The molecule has 1 fully saturated rings. The van der Waals surface area contributed by atoms with E-state index in [-0.39, 0.29) is 19.1 Å². The van der Waals surface area contributed by atoms with Crippen molar-refractivity contribution in [1.29, 1.82) is 5.26 Å². The minimum atomic E-state index is -1.08. The number of nitriles is 1. The first-order valence-electron chi connectivity index (χ1n) is 10.6. The van der Waals surface area contributed by atoms with Crippen LogP contribution in [0, 0.1) is 23.2 Å². The number of piperidine rings is 1. The molecule has 33 heavy (non-hydrogen) atoms. The Bertz CT molecular complexity index is 999. The Kier molecular flexibility index (Phi) is 8.03. The number of rotatable bonds is 6. The second kappa shape index (κ2) is 11.1. The van der Waals surface area contributed by atoms with Crippen LogP contribution in [0.3, 0.4) is 0 Å². The van der Waals surface area contributed by atoms with E-state index in [0.717, 1.165) is 11.1 Å². The number of esters is 2. The van der Waals surface area contributed by atoms with Gasteiger partial charge in [-0.15, -0.1) is 0 Å². The molecule has 0 aliphatic carbocycles. The quantitative estimate of drug-likeness (QED) is 0.376. The van der Waals surface area contributed by atoms with Gasteiger partial charge in [0, 0.05) is 6.54 Å². The van der Waals surface area contributed by atoms with E-state index in [9.17, 15) is 14.4 Å². The number of amides is 1. The maximum Gasteiger partial charge on any atom is 0.410 e. The van der Waals surface area contributed by atoms with Crippen molar-refractivity contribution in [2.45, 2.75) is 25.5 Å². The number of nitrogens with zero attached hydrogens (tertiary/aromatic N) is 2. The van der Waals surface area contributed by atoms with Crippen molar-refractivity contribution in [1.82, 2.24) is 4.90 Å². The van der Waals surface area contributed by atoms with Crippen LogP contribution < -0.4 is 0 Å². The maximum absolute atomic E-state index is 13.0. The van der Waals surface area contributed by atoms with Gasteiger partial charge in [-0.3, -0.25) is 9.59 Å². The molecule has 0 N–H and O–H groups in total. The molecule has 1 aliphatic heterocycles. The van der Waals surface area contributed by atoms with Crippen molar-refractivity contribution in [3.8, 4) is 6.07 Å². The van der Waals surface area contributed by atoms with Crippen LogP contribution in [0.4, 0.5) is 4.79 Å². The molecule has 1 saturated heterocycles. The van der Waals surface area contributed by atoms with E-state index in [1.165, 1.54) is 14.2 Å². The van der Waals surface area contributed by atoms with Gasteiger partial charge in [0.1, 0.15) is 6.61 Å². The van der Waals surface area contributed by atoms with Gasteiger partial charge < -0.3 is 19.1 Å². The number of benzene rings is 2. The third kappa shape index (κ3) is 5.69. The third-order valence-electron chi connectivity index (χ3n) is 5.89. The van der Waals surface area contributed by atoms with Crippen LogP contribution >= 0.6 is 0 Å². The number of hydrogen-bond donors (Lipinski definition) is 0. The molecule has 2 aromatic rings. The van der Waals surface area contributed by atoms with E-state index in [1.807, 2.05) is 30.3 Å². The molecule has 172 valence electrons. The van der Waals surface area contributed by atoms with Gasteiger partial charge in [-0.25, -0.2) is 4.79 Å². The fourth-order valence-electron chi connectivity index (χ4n) is 4.15. The van der Waals surface area contributed by atoms with E-state index in [2.05, 4.69) is 6.07 Å². The van der Waals surface area contributed by atoms with E-state index >= 15 is 0 Å². The minimum Gasteiger partial charge on any atom is -0.468 e. The number of ether oxygens (including phenoxy) is 3. The fourth-order valence-corrected chi connectivity index (χ4v) is 4.15. The molecule has 0 saturated carbocycles. The van der Waals surface area contributed by atoms with Crippen LogP contribution in [0.25, 0.3) is 0 Å². The molecule has 2 aromatic carbocycles. The van der Waals surface area contributed by atoms with Crippen LogP contribution in [0.15, 0.2) is 54.6 Å². The largest absolute Gasteiger partial charge is 0.468 e. The summed E-state index contributed by atoms with van der Waals surface area (Å²) < 4.78 is 15.2. The summed E-state index contributed by atoms with van der Waals surface area (Å²) in [5, 5.41) is 9.11. The van der Waals surface area contributed by atoms with E-state index < -0.39 is 30.0 Å². The third-order valence-corrected chi connectivity index (χ3v) is 5.89. The van der Waals surface area contributed by atoms with Gasteiger partial charge in [0.05, 0.1) is 31.9 Å². The van der Waals surface area contributed by atoms with Crippen molar-refractivity contribution in [3.05, 3.63) is 71.3 Å². The Morgan fingerprint density at radius 2 is 1.67 bits per heavy atom. The van der Waals surface area contributed by atoms with Crippen molar-refractivity contribution in [2.75, 3.05) is 20.8 Å². The van der Waals surface area contributed by atoms with Gasteiger partial charge in [0.2, 0.25) is 0 Å². The predicted molar refractivity (Wildman–Crippen MR) is 117 cm³/mol. The molecular formula is C25H26N2O6. The number of carbonyl (C=O) groups is 3. The topological polar surface area (TPSA) is 106 Å². The number of hydrogen-bond acceptors (Lipinski definition) is 7. The van der Waals surface area contributed by atoms with Crippen molar-refractivity contribution in [3.63, 3.8) is 0 Å². The Morgan fingerprint density at radius 1 is 1.03 bits per heavy atom. The number of carbonyl (C=O) groups excluding carboxylic acids is 3. The standard InChI is InChI=1S/C25H26N2O6/c1-31-23(28)22(24(29)32-2)20-12-13-27(25(30)33-16-18-6-4-3-5-7-18)21(14-20)19-10-8-17(15-26)9-11-19/h3-11,20-22H,12-14,16H2,1-2H3. The molecule has 1 heterocycles. The Labute approximate surface area is 192 Å². The first-order chi connectivity index (χ1) is 16.0. The molecule has 0 radical (unpaired) electrons. The van der Waals surface area contributed by atoms with Gasteiger partial charge in [-0.1, -0.05) is 42.5 Å². The number of likely N-dealkylation sites (tertiary alicyclic amines) is 1. The van der Waals surface area contributed by atoms with Gasteiger partial charge >= 0.3 is 18.0 Å². The summed E-state index contributed by atoms with van der Waals surface area (Å²) in [7, 11) is 2.46. The average Bonchev–Trinajstić information content (AvgIpc) is 2.87. The van der Waals surface area contributed by atoms with Crippen molar-refractivity contribution >= 4 is 18.0 Å². The van der Waals surface area contributed by atoms with Gasteiger partial charge in [0.25, 0.3) is 0 Å². The van der Waals surface area contributed by atoms with Crippen LogP contribution in [0.5, 0.6) is 0 Å². The first-order valence-corrected chi connectivity index (χ1v) is 10.6. The molecule has 8 nitrogen and oxygen atoms in total. The highest BCUT2D eigenvalue weighted by Crippen LogP contribution is 2.39. The summed E-state index contributed by atoms with van der Waals surface area (Å²) in [5.74, 6) is -2.79. The Morgan fingerprint density at radius 3 is 2.24 bits per heavy atom. The summed E-state index contributed by atoms with van der Waals surface area (Å²) in [6, 6.07) is 17.9. The molecule has 2 unspecified atom stereocenters. The Hall–Kier alpha value is -3.86. The molecule has 8 heteroatoms. The summed E-state index contributed by atoms with van der Waals surface area (Å²) in [4.78, 5) is 39.3. The van der Waals surface area contributed by atoms with E-state index in [1.54, 1.807) is 29.2 Å². The minimum absolute atomic E-state index is 0.132. The molecule has 0 aromatic heterocycles. The van der Waals surface area contributed by atoms with Crippen LogP contribution in [0.1, 0.15) is 35.6 Å². The number of methoxy groups -OCH3 is 2. The molecule has 2 atom stereocenters. The van der Waals surface area contributed by atoms with E-state index in [0.29, 0.717) is 18.4 Å². The van der Waals surface area contributed by atoms with Crippen molar-refractivity contribution in [2.24, 2.45) is 11.8 Å². The second-order valence-corrected chi connectivity index (χ2v) is 7.79. The summed E-state index contributed by atoms with van der Waals surface area (Å²) in [6.45, 7) is 0.417. The lowest BCUT2D eigenvalue weighted by Gasteiger charge is -2.40. The lowest BCUT2D eigenvalue weighted by atomic mass is 9.79. The van der Waals surface area contributed by atoms with E-state index in [4.69, 9.17) is 19.5 Å².